The van der Waals surface area contributed by atoms with E-state index in [1.54, 1.807) is 4.72 Å². The summed E-state index contributed by atoms with van der Waals surface area (Å²) in [5.74, 6) is -6.50. The lowest BCUT2D eigenvalue weighted by Gasteiger charge is -2.19. The van der Waals surface area contributed by atoms with Gasteiger partial charge in [-0.05, 0) is 37.3 Å². The molecular formula is C19H20F4N6O7S. The summed E-state index contributed by atoms with van der Waals surface area (Å²) in [7, 11) is -4.59. The third-order valence-electron chi connectivity index (χ3n) is 4.35. The van der Waals surface area contributed by atoms with Gasteiger partial charge in [-0.1, -0.05) is 6.07 Å². The summed E-state index contributed by atoms with van der Waals surface area (Å²) >= 11 is 0. The molecular weight excluding hydrogens is 532 g/mol. The number of hydrogen-bond acceptors (Lipinski definition) is 8. The van der Waals surface area contributed by atoms with Crippen molar-refractivity contribution >= 4 is 33.5 Å². The average molecular weight is 552 g/mol. The number of benzene rings is 1. The number of halogens is 4. The number of amides is 1. The van der Waals surface area contributed by atoms with Crippen molar-refractivity contribution in [3.05, 3.63) is 58.3 Å². The number of guanidine groups is 1. The van der Waals surface area contributed by atoms with E-state index in [2.05, 4.69) is 10.2 Å². The summed E-state index contributed by atoms with van der Waals surface area (Å²) in [6.07, 6.45) is -5.54. The minimum Gasteiger partial charge on any atom is -0.368 e. The van der Waals surface area contributed by atoms with Crippen molar-refractivity contribution in [3.63, 3.8) is 0 Å². The Balaban J connectivity index is 2.39. The highest BCUT2D eigenvalue weighted by molar-refractivity contribution is 7.92. The molecule has 0 aliphatic rings. The van der Waals surface area contributed by atoms with Gasteiger partial charge < -0.3 is 15.9 Å². The van der Waals surface area contributed by atoms with Gasteiger partial charge in [0.05, 0.1) is 23.1 Å². The van der Waals surface area contributed by atoms with Crippen LogP contribution in [0.3, 0.4) is 0 Å². The fourth-order valence-electron chi connectivity index (χ4n) is 2.64. The van der Waals surface area contributed by atoms with Crippen LogP contribution in [0.15, 0.2) is 46.1 Å². The number of sulfonamides is 1. The number of pyridine rings is 1. The zero-order valence-corrected chi connectivity index (χ0v) is 19.6. The molecule has 0 aliphatic heterocycles. The fraction of sp³-hybridized carbons (Fsp3) is 0.263. The molecule has 2 aromatic rings. The fourth-order valence-corrected chi connectivity index (χ4v) is 3.73. The molecule has 1 atom stereocenters. The molecule has 1 aromatic heterocycles. The molecule has 0 radical (unpaired) electrons. The molecule has 1 amide bonds. The molecule has 18 heteroatoms. The number of anilines is 1. The van der Waals surface area contributed by atoms with Crippen molar-refractivity contribution in [2.45, 2.75) is 23.9 Å². The number of nitrogens with one attached hydrogen (secondary N) is 4. The van der Waals surface area contributed by atoms with Crippen LogP contribution in [-0.4, -0.2) is 50.3 Å². The van der Waals surface area contributed by atoms with Crippen LogP contribution >= 0.6 is 0 Å². The van der Waals surface area contributed by atoms with Crippen molar-refractivity contribution in [1.29, 1.82) is 5.41 Å². The van der Waals surface area contributed by atoms with Gasteiger partial charge in [-0.15, -0.1) is 4.73 Å². The van der Waals surface area contributed by atoms with E-state index in [0.29, 0.717) is 6.07 Å². The van der Waals surface area contributed by atoms with Gasteiger partial charge in [0.25, 0.3) is 10.0 Å². The van der Waals surface area contributed by atoms with Gasteiger partial charge in [0, 0.05) is 6.54 Å². The van der Waals surface area contributed by atoms with Crippen molar-refractivity contribution in [3.8, 4) is 0 Å². The zero-order chi connectivity index (χ0) is 28.0. The van der Waals surface area contributed by atoms with Gasteiger partial charge >= 0.3 is 17.7 Å². The second-order valence-corrected chi connectivity index (χ2v) is 8.77. The largest absolute Gasteiger partial charge is 0.493 e. The van der Waals surface area contributed by atoms with E-state index >= 15 is 0 Å². The van der Waals surface area contributed by atoms with Crippen molar-refractivity contribution in [1.82, 2.24) is 15.5 Å². The number of carbonyl (C=O) groups excluding carboxylic acids is 2. The Morgan fingerprint density at radius 3 is 2.49 bits per heavy atom. The number of nitrogens with two attached hydrogens (primary N) is 1. The third kappa shape index (κ3) is 7.90. The molecule has 0 fully saturated rings. The molecule has 202 valence electrons. The third-order valence-corrected chi connectivity index (χ3v) is 5.71. The maximum Gasteiger partial charge on any atom is 0.493 e. The summed E-state index contributed by atoms with van der Waals surface area (Å²) in [4.78, 5) is 45.0. The molecule has 1 heterocycles. The number of rotatable bonds is 10. The molecule has 0 bridgehead atoms. The number of hydrogen-bond donors (Lipinski definition) is 5. The lowest BCUT2D eigenvalue weighted by Crippen LogP contribution is -2.42. The molecule has 0 saturated carbocycles. The topological polar surface area (TPSA) is 195 Å². The Hall–Kier alpha value is -4.19. The van der Waals surface area contributed by atoms with E-state index in [-0.39, 0.29) is 17.9 Å². The Morgan fingerprint density at radius 2 is 1.89 bits per heavy atom. The van der Waals surface area contributed by atoms with Gasteiger partial charge in [-0.2, -0.15) is 13.2 Å². The number of hydroxylamine groups is 1. The van der Waals surface area contributed by atoms with Crippen molar-refractivity contribution in [2.75, 3.05) is 17.9 Å². The van der Waals surface area contributed by atoms with Gasteiger partial charge in [0.15, 0.2) is 0 Å². The van der Waals surface area contributed by atoms with Crippen molar-refractivity contribution < 1.29 is 45.2 Å². The first kappa shape index (κ1) is 29.0. The predicted molar refractivity (Wildman–Crippen MR) is 118 cm³/mol. The lowest BCUT2D eigenvalue weighted by molar-refractivity contribution is -0.200. The molecule has 2 rings (SSSR count). The summed E-state index contributed by atoms with van der Waals surface area (Å²) in [6.45, 7) is 0.809. The summed E-state index contributed by atoms with van der Waals surface area (Å²) in [5.41, 5.74) is 4.02. The van der Waals surface area contributed by atoms with Crippen LogP contribution in [0, 0.1) is 11.2 Å². The number of alkyl halides is 3. The monoisotopic (exact) mass is 552 g/mol. The molecule has 13 nitrogen and oxygen atoms in total. The van der Waals surface area contributed by atoms with Crippen LogP contribution in [-0.2, 0) is 24.4 Å². The first-order chi connectivity index (χ1) is 17.1. The first-order valence-electron chi connectivity index (χ1n) is 9.97. The van der Waals surface area contributed by atoms with Crippen LogP contribution in [0.1, 0.15) is 18.5 Å². The quantitative estimate of drug-likeness (QED) is 0.0882. The number of nitrogens with zero attached hydrogens (tertiary/aromatic N) is 1. The predicted octanol–water partition coefficient (Wildman–Crippen LogP) is -0.0599. The van der Waals surface area contributed by atoms with Crippen LogP contribution in [0.5, 0.6) is 0 Å². The SMILES string of the molecule is CC(C(=O)NCCONC(=N)N)c1ccc(NS(=O)(=O)c2cccc(F)c2)c(=O)n1OC(=O)C(F)(F)F. The molecule has 0 spiro atoms. The minimum atomic E-state index is -5.54. The molecule has 1 aromatic carbocycles. The number of carbonyl (C=O) groups is 2. The summed E-state index contributed by atoms with van der Waals surface area (Å²) < 4.78 is 78.6. The highest BCUT2D eigenvalue weighted by Crippen LogP contribution is 2.20. The first-order valence-corrected chi connectivity index (χ1v) is 11.4. The molecule has 0 aliphatic carbocycles. The number of aromatic nitrogens is 1. The summed E-state index contributed by atoms with van der Waals surface area (Å²) in [5, 5.41) is 9.23. The van der Waals surface area contributed by atoms with Gasteiger partial charge in [0.1, 0.15) is 11.5 Å². The highest BCUT2D eigenvalue weighted by Gasteiger charge is 2.43. The molecule has 1 unspecified atom stereocenters. The Kier molecular flexibility index (Phi) is 9.18. The van der Waals surface area contributed by atoms with E-state index in [0.717, 1.165) is 37.3 Å². The van der Waals surface area contributed by atoms with Gasteiger partial charge in [-0.3, -0.25) is 24.6 Å². The van der Waals surface area contributed by atoms with Crippen LogP contribution in [0.4, 0.5) is 23.2 Å². The summed E-state index contributed by atoms with van der Waals surface area (Å²) in [6, 6.07) is 5.35. The van der Waals surface area contributed by atoms with Crippen LogP contribution < -0.4 is 31.6 Å². The smallest absolute Gasteiger partial charge is 0.368 e. The minimum absolute atomic E-state index is 0.165. The maximum atomic E-state index is 13.4. The average Bonchev–Trinajstić information content (AvgIpc) is 2.80. The lowest BCUT2D eigenvalue weighted by atomic mass is 10.1. The highest BCUT2D eigenvalue weighted by atomic mass is 32.2. The molecule has 37 heavy (non-hydrogen) atoms. The van der Waals surface area contributed by atoms with Gasteiger partial charge in [-0.25, -0.2) is 23.1 Å². The van der Waals surface area contributed by atoms with E-state index < -0.39 is 67.6 Å². The van der Waals surface area contributed by atoms with E-state index in [1.165, 1.54) is 0 Å². The van der Waals surface area contributed by atoms with Crippen LogP contribution in [0.25, 0.3) is 0 Å². The Morgan fingerprint density at radius 1 is 1.22 bits per heavy atom. The Labute approximate surface area is 206 Å². The zero-order valence-electron chi connectivity index (χ0n) is 18.8. The second kappa shape index (κ2) is 11.7. The van der Waals surface area contributed by atoms with Gasteiger partial charge in [0.2, 0.25) is 11.9 Å². The normalized spacial score (nSPS) is 12.4. The second-order valence-electron chi connectivity index (χ2n) is 7.09. The van der Waals surface area contributed by atoms with E-state index in [9.17, 15) is 40.4 Å². The standard InChI is InChI=1S/C19H20F4N6O7S/c1-10(15(30)26-7-8-35-27-18(24)25)14-6-5-13(16(31)29(14)36-17(32)19(21,22)23)28-37(33,34)12-4-2-3-11(20)9-12/h2-6,9-10,28H,7-8H2,1H3,(H,26,30)(H4,24,25,27). The Bertz CT molecular complexity index is 1350. The maximum absolute atomic E-state index is 13.4. The van der Waals surface area contributed by atoms with E-state index in [1.807, 2.05) is 5.48 Å². The molecule has 0 saturated heterocycles. The van der Waals surface area contributed by atoms with Crippen LogP contribution in [0.2, 0.25) is 0 Å². The van der Waals surface area contributed by atoms with Crippen molar-refractivity contribution in [2.24, 2.45) is 5.73 Å². The van der Waals surface area contributed by atoms with E-state index in [4.69, 9.17) is 16.0 Å². The molecule has 6 N–H and O–H groups in total.